The summed E-state index contributed by atoms with van der Waals surface area (Å²) in [6.07, 6.45) is 0.510. The molecule has 2 N–H and O–H groups in total. The molecule has 0 bridgehead atoms. The second-order valence-corrected chi connectivity index (χ2v) is 5.80. The summed E-state index contributed by atoms with van der Waals surface area (Å²) in [5.74, 6) is 0. The lowest BCUT2D eigenvalue weighted by molar-refractivity contribution is -0.0155. The van der Waals surface area contributed by atoms with E-state index in [4.69, 9.17) is 14.2 Å². The first-order valence-corrected chi connectivity index (χ1v) is 6.67. The molecule has 1 aliphatic rings. The maximum Gasteiger partial charge on any atom is 0.407 e. The van der Waals surface area contributed by atoms with Crippen LogP contribution in [0.4, 0.5) is 4.79 Å². The molecule has 0 radical (unpaired) electrons. The third kappa shape index (κ3) is 6.22. The Morgan fingerprint density at radius 2 is 2.11 bits per heavy atom. The molecule has 1 amide bonds. The highest BCUT2D eigenvalue weighted by atomic mass is 16.6. The van der Waals surface area contributed by atoms with Crippen molar-refractivity contribution < 1.29 is 19.0 Å². The van der Waals surface area contributed by atoms with E-state index in [0.29, 0.717) is 19.7 Å². The molecule has 1 rings (SSSR count). The van der Waals surface area contributed by atoms with Crippen LogP contribution in [0.5, 0.6) is 0 Å². The molecule has 1 fully saturated rings. The summed E-state index contributed by atoms with van der Waals surface area (Å²) >= 11 is 0. The fraction of sp³-hybridized carbons (Fsp3) is 0.923. The summed E-state index contributed by atoms with van der Waals surface area (Å²) in [4.78, 5) is 11.4. The van der Waals surface area contributed by atoms with Crippen molar-refractivity contribution in [3.05, 3.63) is 0 Å². The Labute approximate surface area is 115 Å². The van der Waals surface area contributed by atoms with Gasteiger partial charge in [0.25, 0.3) is 0 Å². The summed E-state index contributed by atoms with van der Waals surface area (Å²) in [5.41, 5.74) is -0.676. The van der Waals surface area contributed by atoms with Crippen LogP contribution in [0.1, 0.15) is 27.2 Å². The normalized spacial score (nSPS) is 23.4. The number of nitrogens with one attached hydrogen (secondary N) is 2. The SMILES string of the molecule is COC1(CNCCNC(=O)OC(C)(C)C)CCOC1. The van der Waals surface area contributed by atoms with Gasteiger partial charge in [0.15, 0.2) is 0 Å². The van der Waals surface area contributed by atoms with Crippen molar-refractivity contribution in [1.29, 1.82) is 0 Å². The molecule has 1 heterocycles. The largest absolute Gasteiger partial charge is 0.444 e. The van der Waals surface area contributed by atoms with Gasteiger partial charge < -0.3 is 24.8 Å². The molecule has 0 spiro atoms. The van der Waals surface area contributed by atoms with E-state index in [1.165, 1.54) is 0 Å². The van der Waals surface area contributed by atoms with Crippen LogP contribution in [0.2, 0.25) is 0 Å². The van der Waals surface area contributed by atoms with E-state index < -0.39 is 5.60 Å². The minimum atomic E-state index is -0.460. The Bertz CT molecular complexity index is 283. The summed E-state index contributed by atoms with van der Waals surface area (Å²) in [6, 6.07) is 0. The number of carbonyl (C=O) groups is 1. The lowest BCUT2D eigenvalue weighted by atomic mass is 10.0. The maximum absolute atomic E-state index is 11.4. The lowest BCUT2D eigenvalue weighted by Gasteiger charge is -2.26. The maximum atomic E-state index is 11.4. The van der Waals surface area contributed by atoms with Crippen molar-refractivity contribution in [1.82, 2.24) is 10.6 Å². The number of amides is 1. The van der Waals surface area contributed by atoms with Gasteiger partial charge in [-0.15, -0.1) is 0 Å². The number of alkyl carbamates (subject to hydrolysis) is 1. The standard InChI is InChI=1S/C13H26N2O4/c1-12(2,3)19-11(16)15-7-6-14-9-13(17-4)5-8-18-10-13/h14H,5-10H2,1-4H3,(H,15,16). The zero-order chi connectivity index (χ0) is 14.4. The summed E-state index contributed by atoms with van der Waals surface area (Å²) < 4.78 is 16.0. The molecule has 0 aromatic rings. The van der Waals surface area contributed by atoms with Crippen LogP contribution in [0.25, 0.3) is 0 Å². The molecule has 112 valence electrons. The second-order valence-electron chi connectivity index (χ2n) is 5.80. The number of carbonyl (C=O) groups excluding carboxylic acids is 1. The van der Waals surface area contributed by atoms with Crippen LogP contribution in [0, 0.1) is 0 Å². The van der Waals surface area contributed by atoms with Crippen molar-refractivity contribution in [3.8, 4) is 0 Å². The summed E-state index contributed by atoms with van der Waals surface area (Å²) in [6.45, 7) is 8.80. The first kappa shape index (κ1) is 16.2. The first-order chi connectivity index (χ1) is 8.87. The minimum Gasteiger partial charge on any atom is -0.444 e. The Morgan fingerprint density at radius 3 is 2.63 bits per heavy atom. The Hall–Kier alpha value is -0.850. The number of rotatable bonds is 6. The van der Waals surface area contributed by atoms with Crippen molar-refractivity contribution in [2.75, 3.05) is 40.0 Å². The van der Waals surface area contributed by atoms with Crippen molar-refractivity contribution in [2.24, 2.45) is 0 Å². The van der Waals surface area contributed by atoms with Crippen LogP contribution < -0.4 is 10.6 Å². The van der Waals surface area contributed by atoms with Gasteiger partial charge in [0.05, 0.1) is 6.61 Å². The number of hydrogen-bond donors (Lipinski definition) is 2. The molecule has 6 heteroatoms. The molecule has 0 saturated carbocycles. The van der Waals surface area contributed by atoms with Crippen molar-refractivity contribution in [3.63, 3.8) is 0 Å². The zero-order valence-electron chi connectivity index (χ0n) is 12.4. The van der Waals surface area contributed by atoms with Gasteiger partial charge in [0.1, 0.15) is 11.2 Å². The van der Waals surface area contributed by atoms with Crippen molar-refractivity contribution >= 4 is 6.09 Å². The van der Waals surface area contributed by atoms with E-state index in [2.05, 4.69) is 10.6 Å². The number of methoxy groups -OCH3 is 1. The monoisotopic (exact) mass is 274 g/mol. The van der Waals surface area contributed by atoms with E-state index in [9.17, 15) is 4.79 Å². The molecule has 0 aromatic heterocycles. The molecule has 1 saturated heterocycles. The highest BCUT2D eigenvalue weighted by Gasteiger charge is 2.34. The van der Waals surface area contributed by atoms with Gasteiger partial charge in [-0.2, -0.15) is 0 Å². The first-order valence-electron chi connectivity index (χ1n) is 6.67. The van der Waals surface area contributed by atoms with Gasteiger partial charge in [-0.1, -0.05) is 0 Å². The smallest absolute Gasteiger partial charge is 0.407 e. The number of ether oxygens (including phenoxy) is 3. The number of hydrogen-bond acceptors (Lipinski definition) is 5. The van der Waals surface area contributed by atoms with Crippen LogP contribution in [-0.2, 0) is 14.2 Å². The zero-order valence-corrected chi connectivity index (χ0v) is 12.4. The van der Waals surface area contributed by atoms with E-state index in [-0.39, 0.29) is 11.7 Å². The molecule has 0 aliphatic carbocycles. The highest BCUT2D eigenvalue weighted by molar-refractivity contribution is 5.67. The molecular weight excluding hydrogens is 248 g/mol. The molecule has 19 heavy (non-hydrogen) atoms. The third-order valence-electron chi connectivity index (χ3n) is 2.92. The highest BCUT2D eigenvalue weighted by Crippen LogP contribution is 2.21. The van der Waals surface area contributed by atoms with Gasteiger partial charge in [-0.25, -0.2) is 4.79 Å². The van der Waals surface area contributed by atoms with Gasteiger partial charge >= 0.3 is 6.09 Å². The molecule has 1 unspecified atom stereocenters. The average molecular weight is 274 g/mol. The van der Waals surface area contributed by atoms with Crippen LogP contribution in [0.3, 0.4) is 0 Å². The van der Waals surface area contributed by atoms with Gasteiger partial charge in [-0.3, -0.25) is 0 Å². The van der Waals surface area contributed by atoms with Crippen molar-refractivity contribution in [2.45, 2.75) is 38.4 Å². The molecule has 1 atom stereocenters. The molecule has 0 aromatic carbocycles. The Balaban J connectivity index is 2.09. The van der Waals surface area contributed by atoms with E-state index in [1.807, 2.05) is 20.8 Å². The molecule has 1 aliphatic heterocycles. The molecular formula is C13H26N2O4. The predicted octanol–water partition coefficient (Wildman–Crippen LogP) is 0.906. The fourth-order valence-electron chi connectivity index (χ4n) is 1.84. The predicted molar refractivity (Wildman–Crippen MR) is 72.3 cm³/mol. The summed E-state index contributed by atoms with van der Waals surface area (Å²) in [5, 5.41) is 5.96. The van der Waals surface area contributed by atoms with Crippen LogP contribution in [-0.4, -0.2) is 57.3 Å². The Kier molecular flexibility index (Phi) is 6.03. The van der Waals surface area contributed by atoms with E-state index in [1.54, 1.807) is 7.11 Å². The summed E-state index contributed by atoms with van der Waals surface area (Å²) in [7, 11) is 1.70. The molecule has 6 nitrogen and oxygen atoms in total. The second kappa shape index (κ2) is 7.07. The third-order valence-corrected chi connectivity index (χ3v) is 2.92. The lowest BCUT2D eigenvalue weighted by Crippen LogP contribution is -2.45. The Morgan fingerprint density at radius 1 is 1.37 bits per heavy atom. The van der Waals surface area contributed by atoms with Gasteiger partial charge in [-0.05, 0) is 20.8 Å². The fourth-order valence-corrected chi connectivity index (χ4v) is 1.84. The average Bonchev–Trinajstić information content (AvgIpc) is 2.75. The van der Waals surface area contributed by atoms with Gasteiger partial charge in [0.2, 0.25) is 0 Å². The van der Waals surface area contributed by atoms with Crippen LogP contribution >= 0.6 is 0 Å². The van der Waals surface area contributed by atoms with Crippen LogP contribution in [0.15, 0.2) is 0 Å². The van der Waals surface area contributed by atoms with E-state index >= 15 is 0 Å². The van der Waals surface area contributed by atoms with E-state index in [0.717, 1.165) is 19.6 Å². The topological polar surface area (TPSA) is 68.8 Å². The minimum absolute atomic E-state index is 0.216. The van der Waals surface area contributed by atoms with Gasteiger partial charge in [0, 0.05) is 39.8 Å². The quantitative estimate of drug-likeness (QED) is 0.705.